The third-order valence-electron chi connectivity index (χ3n) is 3.09. The third-order valence-corrected chi connectivity index (χ3v) is 3.09. The van der Waals surface area contributed by atoms with Gasteiger partial charge in [0.1, 0.15) is 6.54 Å². The van der Waals surface area contributed by atoms with Crippen LogP contribution >= 0.6 is 0 Å². The minimum absolute atomic E-state index is 0.0628. The maximum Gasteiger partial charge on any atom is 0.326 e. The summed E-state index contributed by atoms with van der Waals surface area (Å²) in [5, 5.41) is 3.55. The molecule has 1 atom stereocenters. The highest BCUT2D eigenvalue weighted by Gasteiger charge is 2.16. The summed E-state index contributed by atoms with van der Waals surface area (Å²) in [5.74, 6) is 0.324. The molecule has 0 spiro atoms. The van der Waals surface area contributed by atoms with Crippen LogP contribution in [0.1, 0.15) is 52.6 Å². The average molecular weight is 280 g/mol. The lowest BCUT2D eigenvalue weighted by atomic mass is 9.98. The summed E-state index contributed by atoms with van der Waals surface area (Å²) in [4.78, 5) is 11.6. The number of nitrogens with zero attached hydrogens (tertiary/aromatic N) is 1. The molecule has 0 aliphatic heterocycles. The van der Waals surface area contributed by atoms with Gasteiger partial charge in [-0.1, -0.05) is 20.8 Å². The normalized spacial score (nSPS) is 12.9. The van der Waals surface area contributed by atoms with Gasteiger partial charge in [-0.25, -0.2) is 0 Å². The largest absolute Gasteiger partial charge is 0.462 e. The number of hydrogen-bond acceptors (Lipinski definition) is 3. The van der Waals surface area contributed by atoms with E-state index in [9.17, 15) is 4.79 Å². The predicted molar refractivity (Wildman–Crippen MR) is 81.5 cm³/mol. The zero-order valence-electron chi connectivity index (χ0n) is 13.3. The van der Waals surface area contributed by atoms with Gasteiger partial charge in [-0.05, 0) is 44.4 Å². The molecule has 0 fully saturated rings. The van der Waals surface area contributed by atoms with Crippen molar-refractivity contribution >= 4 is 5.97 Å². The van der Waals surface area contributed by atoms with E-state index in [2.05, 4.69) is 32.2 Å². The maximum absolute atomic E-state index is 11.6. The van der Waals surface area contributed by atoms with Crippen molar-refractivity contribution in [2.75, 3.05) is 6.54 Å². The fourth-order valence-electron chi connectivity index (χ4n) is 2.23. The van der Waals surface area contributed by atoms with Gasteiger partial charge in [0.2, 0.25) is 0 Å². The smallest absolute Gasteiger partial charge is 0.326 e. The van der Waals surface area contributed by atoms with Crippen molar-refractivity contribution in [2.45, 2.75) is 59.7 Å². The second-order valence-electron chi connectivity index (χ2n) is 5.83. The molecule has 1 aromatic heterocycles. The second-order valence-corrected chi connectivity index (χ2v) is 5.83. The van der Waals surface area contributed by atoms with Crippen molar-refractivity contribution in [3.63, 3.8) is 0 Å². The summed E-state index contributed by atoms with van der Waals surface area (Å²) in [6, 6.07) is 2.41. The molecule has 0 saturated carbocycles. The highest BCUT2D eigenvalue weighted by molar-refractivity contribution is 5.69. The summed E-state index contributed by atoms with van der Waals surface area (Å²) < 4.78 is 7.05. The minimum atomic E-state index is -0.190. The Labute approximate surface area is 122 Å². The number of carbonyl (C=O) groups excluding carboxylic acids is 1. The van der Waals surface area contributed by atoms with E-state index in [-0.39, 0.29) is 18.6 Å². The Morgan fingerprint density at radius 2 is 2.05 bits per heavy atom. The van der Waals surface area contributed by atoms with Gasteiger partial charge in [-0.2, -0.15) is 0 Å². The van der Waals surface area contributed by atoms with Crippen LogP contribution in [0.4, 0.5) is 0 Å². The number of ether oxygens (including phenoxy) is 1. The Balaban J connectivity index is 2.66. The average Bonchev–Trinajstić information content (AvgIpc) is 2.76. The van der Waals surface area contributed by atoms with E-state index in [1.54, 1.807) is 0 Å². The second kappa shape index (κ2) is 8.10. The monoisotopic (exact) mass is 280 g/mol. The van der Waals surface area contributed by atoms with E-state index in [4.69, 9.17) is 4.74 Å². The first-order valence-corrected chi connectivity index (χ1v) is 7.52. The molecule has 1 heterocycles. The molecule has 114 valence electrons. The van der Waals surface area contributed by atoms with E-state index >= 15 is 0 Å². The van der Waals surface area contributed by atoms with Crippen LogP contribution in [-0.4, -0.2) is 23.2 Å². The zero-order chi connectivity index (χ0) is 15.1. The fourth-order valence-corrected chi connectivity index (χ4v) is 2.23. The molecule has 0 saturated heterocycles. The molecule has 20 heavy (non-hydrogen) atoms. The molecular formula is C16H28N2O2. The van der Waals surface area contributed by atoms with Crippen LogP contribution in [0.25, 0.3) is 0 Å². The summed E-state index contributed by atoms with van der Waals surface area (Å²) in [7, 11) is 0. The first-order valence-electron chi connectivity index (χ1n) is 7.52. The third kappa shape index (κ3) is 5.37. The van der Waals surface area contributed by atoms with Crippen molar-refractivity contribution in [1.29, 1.82) is 0 Å². The van der Waals surface area contributed by atoms with Gasteiger partial charge in [0.25, 0.3) is 0 Å². The Morgan fingerprint density at radius 1 is 1.35 bits per heavy atom. The number of rotatable bonds is 8. The van der Waals surface area contributed by atoms with Crippen molar-refractivity contribution in [2.24, 2.45) is 5.92 Å². The molecule has 4 nitrogen and oxygen atoms in total. The summed E-state index contributed by atoms with van der Waals surface area (Å²) in [6.45, 7) is 11.6. The summed E-state index contributed by atoms with van der Waals surface area (Å²) in [5.41, 5.74) is 1.23. The van der Waals surface area contributed by atoms with Gasteiger partial charge in [-0.3, -0.25) is 4.79 Å². The van der Waals surface area contributed by atoms with Crippen LogP contribution in [0.15, 0.2) is 18.5 Å². The van der Waals surface area contributed by atoms with Crippen LogP contribution in [0, 0.1) is 5.92 Å². The maximum atomic E-state index is 11.6. The Morgan fingerprint density at radius 3 is 2.60 bits per heavy atom. The Kier molecular flexibility index (Phi) is 6.79. The molecule has 0 aliphatic rings. The molecule has 0 bridgehead atoms. The topological polar surface area (TPSA) is 43.3 Å². The first kappa shape index (κ1) is 16.8. The van der Waals surface area contributed by atoms with Crippen LogP contribution in [0.5, 0.6) is 0 Å². The summed E-state index contributed by atoms with van der Waals surface area (Å²) >= 11 is 0. The fraction of sp³-hybridized carbons (Fsp3) is 0.688. The molecule has 0 aromatic carbocycles. The van der Waals surface area contributed by atoms with Crippen LogP contribution < -0.4 is 5.32 Å². The number of carbonyl (C=O) groups is 1. The lowest BCUT2D eigenvalue weighted by Crippen LogP contribution is -2.26. The van der Waals surface area contributed by atoms with E-state index in [0.717, 1.165) is 13.0 Å². The lowest BCUT2D eigenvalue weighted by molar-refractivity contribution is -0.148. The molecular weight excluding hydrogens is 252 g/mol. The van der Waals surface area contributed by atoms with Gasteiger partial charge in [0.15, 0.2) is 0 Å². The summed E-state index contributed by atoms with van der Waals surface area (Å²) in [6.07, 6.45) is 5.03. The Bertz CT molecular complexity index is 410. The van der Waals surface area contributed by atoms with Crippen molar-refractivity contribution < 1.29 is 9.53 Å². The van der Waals surface area contributed by atoms with Crippen molar-refractivity contribution in [3.05, 3.63) is 24.0 Å². The van der Waals surface area contributed by atoms with E-state index < -0.39 is 0 Å². The predicted octanol–water partition coefficient (Wildman–Crippen LogP) is 3.14. The first-order chi connectivity index (χ1) is 9.43. The number of hydrogen-bond donors (Lipinski definition) is 1. The van der Waals surface area contributed by atoms with Crippen molar-refractivity contribution in [1.82, 2.24) is 9.88 Å². The zero-order valence-corrected chi connectivity index (χ0v) is 13.3. The van der Waals surface area contributed by atoms with Gasteiger partial charge >= 0.3 is 5.97 Å². The molecule has 0 amide bonds. The quantitative estimate of drug-likeness (QED) is 0.744. The molecule has 0 radical (unpaired) electrons. The molecule has 0 aliphatic carbocycles. The van der Waals surface area contributed by atoms with Crippen molar-refractivity contribution in [3.8, 4) is 0 Å². The molecule has 1 rings (SSSR count). The van der Waals surface area contributed by atoms with Crippen LogP contribution in [-0.2, 0) is 16.1 Å². The molecule has 1 unspecified atom stereocenters. The molecule has 1 aromatic rings. The molecule has 1 N–H and O–H groups in total. The molecule has 4 heteroatoms. The lowest BCUT2D eigenvalue weighted by Gasteiger charge is -2.21. The van der Waals surface area contributed by atoms with Crippen LogP contribution in [0.3, 0.4) is 0 Å². The standard InChI is InChI=1S/C16H28N2O2/c1-6-8-17-16(12(2)3)14-7-9-18(10-14)11-15(19)20-13(4)5/h7,9-10,12-13,16-17H,6,8,11H2,1-5H3. The van der Waals surface area contributed by atoms with Crippen LogP contribution in [0.2, 0.25) is 0 Å². The van der Waals surface area contributed by atoms with E-state index in [1.165, 1.54) is 5.56 Å². The number of aromatic nitrogens is 1. The highest BCUT2D eigenvalue weighted by atomic mass is 16.5. The van der Waals surface area contributed by atoms with E-state index in [1.807, 2.05) is 30.8 Å². The van der Waals surface area contributed by atoms with Gasteiger partial charge in [0.05, 0.1) is 6.10 Å². The minimum Gasteiger partial charge on any atom is -0.462 e. The Hall–Kier alpha value is -1.29. The van der Waals surface area contributed by atoms with Gasteiger partial charge < -0.3 is 14.6 Å². The SMILES string of the molecule is CCCNC(c1ccn(CC(=O)OC(C)C)c1)C(C)C. The van der Waals surface area contributed by atoms with E-state index in [0.29, 0.717) is 12.0 Å². The van der Waals surface area contributed by atoms with Gasteiger partial charge in [-0.15, -0.1) is 0 Å². The highest BCUT2D eigenvalue weighted by Crippen LogP contribution is 2.22. The van der Waals surface area contributed by atoms with Gasteiger partial charge in [0, 0.05) is 18.4 Å². The number of nitrogens with one attached hydrogen (secondary N) is 1. The number of esters is 1.